The largest absolute Gasteiger partial charge is 0.280 e. The number of hydrazone groups is 1. The van der Waals surface area contributed by atoms with E-state index in [0.29, 0.717) is 27.0 Å². The quantitative estimate of drug-likeness (QED) is 0.439. The number of benzene rings is 2. The van der Waals surface area contributed by atoms with Crippen LogP contribution < -0.4 is 5.01 Å². The average molecular weight is 457 g/mol. The standard InChI is InChI=1S/C17H11Cl2IN2O/c1-10-14(8-11-3-2-4-12(20)7-11)17(23)22(21-10)13-5-6-15(18)16(19)9-13/h2-9H,1H3. The average Bonchev–Trinajstić information content (AvgIpc) is 2.78. The van der Waals surface area contributed by atoms with Crippen LogP contribution in [-0.2, 0) is 4.79 Å². The molecular formula is C17H11Cl2IN2O. The minimum atomic E-state index is -0.181. The van der Waals surface area contributed by atoms with Crippen molar-refractivity contribution in [2.45, 2.75) is 6.92 Å². The molecule has 0 fully saturated rings. The van der Waals surface area contributed by atoms with Gasteiger partial charge in [-0.05, 0) is 71.5 Å². The number of rotatable bonds is 2. The SMILES string of the molecule is CC1=NN(c2ccc(Cl)c(Cl)c2)C(=O)C1=Cc1cccc(I)c1. The van der Waals surface area contributed by atoms with Gasteiger partial charge in [0.05, 0.1) is 27.0 Å². The monoisotopic (exact) mass is 456 g/mol. The van der Waals surface area contributed by atoms with E-state index in [1.54, 1.807) is 18.2 Å². The predicted molar refractivity (Wildman–Crippen MR) is 104 cm³/mol. The van der Waals surface area contributed by atoms with Crippen LogP contribution in [0.4, 0.5) is 5.69 Å². The summed E-state index contributed by atoms with van der Waals surface area (Å²) in [7, 11) is 0. The van der Waals surface area contributed by atoms with Crippen LogP contribution in [0.5, 0.6) is 0 Å². The second-order valence-electron chi connectivity index (χ2n) is 5.01. The molecule has 0 saturated heterocycles. The van der Waals surface area contributed by atoms with Crippen molar-refractivity contribution < 1.29 is 4.79 Å². The van der Waals surface area contributed by atoms with Gasteiger partial charge in [-0.15, -0.1) is 0 Å². The number of amides is 1. The summed E-state index contributed by atoms with van der Waals surface area (Å²) in [4.78, 5) is 12.7. The molecule has 0 bridgehead atoms. The van der Waals surface area contributed by atoms with Gasteiger partial charge >= 0.3 is 0 Å². The lowest BCUT2D eigenvalue weighted by molar-refractivity contribution is -0.114. The first-order chi connectivity index (χ1) is 11.0. The Morgan fingerprint density at radius 2 is 1.91 bits per heavy atom. The fourth-order valence-corrected chi connectivity index (χ4v) is 3.10. The summed E-state index contributed by atoms with van der Waals surface area (Å²) in [5.41, 5.74) is 2.79. The molecule has 6 heteroatoms. The first kappa shape index (κ1) is 16.5. The summed E-state index contributed by atoms with van der Waals surface area (Å²) >= 11 is 14.2. The second kappa shape index (κ2) is 6.63. The highest BCUT2D eigenvalue weighted by Gasteiger charge is 2.28. The molecule has 3 rings (SSSR count). The van der Waals surface area contributed by atoms with Crippen molar-refractivity contribution in [2.24, 2.45) is 5.10 Å². The molecule has 2 aromatic carbocycles. The van der Waals surface area contributed by atoms with Crippen molar-refractivity contribution >= 4 is 69.2 Å². The third-order valence-electron chi connectivity index (χ3n) is 3.37. The van der Waals surface area contributed by atoms with Gasteiger partial charge in [-0.3, -0.25) is 4.79 Å². The van der Waals surface area contributed by atoms with E-state index in [9.17, 15) is 4.79 Å². The van der Waals surface area contributed by atoms with E-state index < -0.39 is 0 Å². The molecule has 1 aliphatic rings. The van der Waals surface area contributed by atoms with Gasteiger partial charge in [0.25, 0.3) is 5.91 Å². The van der Waals surface area contributed by atoms with Gasteiger partial charge < -0.3 is 0 Å². The molecule has 0 aliphatic carbocycles. The van der Waals surface area contributed by atoms with Gasteiger partial charge in [-0.25, -0.2) is 0 Å². The summed E-state index contributed by atoms with van der Waals surface area (Å²) < 4.78 is 1.11. The lowest BCUT2D eigenvalue weighted by Crippen LogP contribution is -2.21. The lowest BCUT2D eigenvalue weighted by Gasteiger charge is -2.12. The van der Waals surface area contributed by atoms with Crippen molar-refractivity contribution in [3.63, 3.8) is 0 Å². The van der Waals surface area contributed by atoms with E-state index in [1.165, 1.54) is 5.01 Å². The van der Waals surface area contributed by atoms with E-state index in [-0.39, 0.29) is 5.91 Å². The maximum atomic E-state index is 12.7. The minimum absolute atomic E-state index is 0.181. The Kier molecular flexibility index (Phi) is 4.75. The Bertz CT molecular complexity index is 861. The summed E-state index contributed by atoms with van der Waals surface area (Å²) in [6.45, 7) is 1.81. The third kappa shape index (κ3) is 3.44. The maximum absolute atomic E-state index is 12.7. The molecule has 0 spiro atoms. The Labute approximate surface area is 157 Å². The molecule has 23 heavy (non-hydrogen) atoms. The number of hydrogen-bond acceptors (Lipinski definition) is 2. The summed E-state index contributed by atoms with van der Waals surface area (Å²) in [5.74, 6) is -0.181. The van der Waals surface area contributed by atoms with Crippen LogP contribution in [0.1, 0.15) is 12.5 Å². The topological polar surface area (TPSA) is 32.7 Å². The smallest absolute Gasteiger partial charge is 0.267 e. The lowest BCUT2D eigenvalue weighted by atomic mass is 10.1. The van der Waals surface area contributed by atoms with Crippen molar-refractivity contribution in [1.29, 1.82) is 0 Å². The Hall–Kier alpha value is -1.37. The Morgan fingerprint density at radius 1 is 1.13 bits per heavy atom. The number of anilines is 1. The highest BCUT2D eigenvalue weighted by Crippen LogP contribution is 2.30. The normalized spacial score (nSPS) is 16.2. The molecular weight excluding hydrogens is 446 g/mol. The molecule has 1 amide bonds. The fourth-order valence-electron chi connectivity index (χ4n) is 2.24. The van der Waals surface area contributed by atoms with Crippen molar-refractivity contribution in [3.8, 4) is 0 Å². The number of hydrogen-bond donors (Lipinski definition) is 0. The van der Waals surface area contributed by atoms with E-state index in [0.717, 1.165) is 9.13 Å². The summed E-state index contributed by atoms with van der Waals surface area (Å²) in [6.07, 6.45) is 1.85. The molecule has 1 heterocycles. The third-order valence-corrected chi connectivity index (χ3v) is 4.78. The van der Waals surface area contributed by atoms with Gasteiger partial charge in [0.2, 0.25) is 0 Å². The van der Waals surface area contributed by atoms with E-state index in [2.05, 4.69) is 27.7 Å². The zero-order chi connectivity index (χ0) is 16.6. The second-order valence-corrected chi connectivity index (χ2v) is 7.07. The molecule has 0 aromatic heterocycles. The highest BCUT2D eigenvalue weighted by atomic mass is 127. The molecule has 0 N–H and O–H groups in total. The zero-order valence-electron chi connectivity index (χ0n) is 12.1. The van der Waals surface area contributed by atoms with Crippen LogP contribution >= 0.6 is 45.8 Å². The van der Waals surface area contributed by atoms with Crippen LogP contribution in [0.3, 0.4) is 0 Å². The van der Waals surface area contributed by atoms with Crippen molar-refractivity contribution in [3.05, 3.63) is 67.2 Å². The highest BCUT2D eigenvalue weighted by molar-refractivity contribution is 14.1. The fraction of sp³-hybridized carbons (Fsp3) is 0.0588. The van der Waals surface area contributed by atoms with Crippen LogP contribution in [-0.4, -0.2) is 11.6 Å². The summed E-state index contributed by atoms with van der Waals surface area (Å²) in [5, 5.41) is 6.51. The predicted octanol–water partition coefficient (Wildman–Crippen LogP) is 5.40. The summed E-state index contributed by atoms with van der Waals surface area (Å²) in [6, 6.07) is 12.9. The van der Waals surface area contributed by atoms with Crippen LogP contribution in [0.25, 0.3) is 6.08 Å². The Balaban J connectivity index is 1.96. The Morgan fingerprint density at radius 3 is 2.61 bits per heavy atom. The van der Waals surface area contributed by atoms with E-state index in [4.69, 9.17) is 23.2 Å². The molecule has 0 unspecified atom stereocenters. The van der Waals surface area contributed by atoms with Crippen LogP contribution in [0, 0.1) is 3.57 Å². The van der Waals surface area contributed by atoms with E-state index in [1.807, 2.05) is 37.3 Å². The maximum Gasteiger partial charge on any atom is 0.280 e. The minimum Gasteiger partial charge on any atom is -0.267 e. The number of halogens is 3. The first-order valence-corrected chi connectivity index (χ1v) is 8.61. The number of carbonyl (C=O) groups excluding carboxylic acids is 1. The number of nitrogens with zero attached hydrogens (tertiary/aromatic N) is 2. The van der Waals surface area contributed by atoms with Crippen molar-refractivity contribution in [2.75, 3.05) is 5.01 Å². The van der Waals surface area contributed by atoms with Gasteiger partial charge in [-0.1, -0.05) is 35.3 Å². The van der Waals surface area contributed by atoms with E-state index >= 15 is 0 Å². The molecule has 0 atom stereocenters. The molecule has 3 nitrogen and oxygen atoms in total. The van der Waals surface area contributed by atoms with Gasteiger partial charge in [-0.2, -0.15) is 10.1 Å². The van der Waals surface area contributed by atoms with Crippen LogP contribution in [0.15, 0.2) is 53.1 Å². The first-order valence-electron chi connectivity index (χ1n) is 6.78. The molecule has 2 aromatic rings. The molecule has 116 valence electrons. The molecule has 1 aliphatic heterocycles. The van der Waals surface area contributed by atoms with Gasteiger partial charge in [0, 0.05) is 3.57 Å². The van der Waals surface area contributed by atoms with Crippen LogP contribution in [0.2, 0.25) is 10.0 Å². The van der Waals surface area contributed by atoms with Gasteiger partial charge in [0.15, 0.2) is 0 Å². The number of carbonyl (C=O) groups is 1. The van der Waals surface area contributed by atoms with Gasteiger partial charge in [0.1, 0.15) is 0 Å². The van der Waals surface area contributed by atoms with Crippen molar-refractivity contribution in [1.82, 2.24) is 0 Å². The molecule has 0 radical (unpaired) electrons. The zero-order valence-corrected chi connectivity index (χ0v) is 15.7. The molecule has 0 saturated carbocycles.